The van der Waals surface area contributed by atoms with E-state index in [0.717, 1.165) is 13.1 Å². The highest BCUT2D eigenvalue weighted by atomic mass is 32.1. The van der Waals surface area contributed by atoms with Gasteiger partial charge >= 0.3 is 0 Å². The SMILES string of the molecule is CC(C)N1CCN(c2c(F)cc(/C=N/NC(N)=S)cc2F)CC1. The lowest BCUT2D eigenvalue weighted by atomic mass is 10.1. The lowest BCUT2D eigenvalue weighted by molar-refractivity contribution is 0.208. The number of benzene rings is 1. The number of hydrogen-bond acceptors (Lipinski definition) is 4. The minimum Gasteiger partial charge on any atom is -0.375 e. The van der Waals surface area contributed by atoms with E-state index in [1.54, 1.807) is 4.90 Å². The van der Waals surface area contributed by atoms with Crippen molar-refractivity contribution in [1.29, 1.82) is 0 Å². The second-order valence-electron chi connectivity index (χ2n) is 5.68. The molecule has 2 rings (SSSR count). The van der Waals surface area contributed by atoms with Crippen molar-refractivity contribution in [1.82, 2.24) is 10.3 Å². The standard InChI is InChI=1S/C15H21F2N5S/c1-10(2)21-3-5-22(6-4-21)14-12(16)7-11(8-13(14)17)9-19-20-15(18)23/h7-10H,3-6H2,1-2H3,(H3,18,20,23)/b19-9+. The molecule has 1 heterocycles. The molecule has 1 aromatic carbocycles. The molecule has 1 aromatic rings. The number of piperazine rings is 1. The van der Waals surface area contributed by atoms with Crippen molar-refractivity contribution in [2.24, 2.45) is 10.8 Å². The average Bonchev–Trinajstić information content (AvgIpc) is 2.46. The largest absolute Gasteiger partial charge is 0.375 e. The zero-order valence-electron chi connectivity index (χ0n) is 13.2. The third-order valence-electron chi connectivity index (χ3n) is 3.79. The Hall–Kier alpha value is -1.80. The molecule has 0 aliphatic carbocycles. The molecule has 3 N–H and O–H groups in total. The highest BCUT2D eigenvalue weighted by Gasteiger charge is 2.23. The molecule has 0 unspecified atom stereocenters. The van der Waals surface area contributed by atoms with Gasteiger partial charge in [0, 0.05) is 37.8 Å². The zero-order chi connectivity index (χ0) is 17.0. The molecule has 0 amide bonds. The lowest BCUT2D eigenvalue weighted by Gasteiger charge is -2.38. The Kier molecular flexibility index (Phi) is 5.84. The van der Waals surface area contributed by atoms with E-state index in [1.807, 2.05) is 0 Å². The van der Waals surface area contributed by atoms with Gasteiger partial charge in [0.1, 0.15) is 17.3 Å². The summed E-state index contributed by atoms with van der Waals surface area (Å²) in [6, 6.07) is 2.93. The van der Waals surface area contributed by atoms with Crippen LogP contribution in [-0.4, -0.2) is 48.4 Å². The third kappa shape index (κ3) is 4.59. The average molecular weight is 341 g/mol. The molecule has 0 atom stereocenters. The molecule has 1 aliphatic heterocycles. The molecule has 1 fully saturated rings. The van der Waals surface area contributed by atoms with Crippen molar-refractivity contribution in [3.05, 3.63) is 29.3 Å². The summed E-state index contributed by atoms with van der Waals surface area (Å²) in [5.74, 6) is -1.19. The van der Waals surface area contributed by atoms with Crippen LogP contribution in [0.2, 0.25) is 0 Å². The third-order valence-corrected chi connectivity index (χ3v) is 3.88. The molecule has 1 saturated heterocycles. The quantitative estimate of drug-likeness (QED) is 0.496. The molecule has 0 radical (unpaired) electrons. The predicted molar refractivity (Wildman–Crippen MR) is 92.8 cm³/mol. The lowest BCUT2D eigenvalue weighted by Crippen LogP contribution is -2.49. The van der Waals surface area contributed by atoms with E-state index in [-0.39, 0.29) is 10.8 Å². The second kappa shape index (κ2) is 7.65. The van der Waals surface area contributed by atoms with E-state index >= 15 is 0 Å². The van der Waals surface area contributed by atoms with E-state index in [9.17, 15) is 8.78 Å². The maximum absolute atomic E-state index is 14.3. The smallest absolute Gasteiger partial charge is 0.184 e. The molecule has 8 heteroatoms. The maximum atomic E-state index is 14.3. The number of halogens is 2. The van der Waals surface area contributed by atoms with Crippen molar-refractivity contribution in [3.8, 4) is 0 Å². The van der Waals surface area contributed by atoms with Crippen LogP contribution in [0.1, 0.15) is 19.4 Å². The van der Waals surface area contributed by atoms with Crippen LogP contribution in [0.25, 0.3) is 0 Å². The van der Waals surface area contributed by atoms with Gasteiger partial charge in [-0.3, -0.25) is 10.3 Å². The van der Waals surface area contributed by atoms with Crippen molar-refractivity contribution in [3.63, 3.8) is 0 Å². The van der Waals surface area contributed by atoms with Gasteiger partial charge in [0.25, 0.3) is 0 Å². The molecule has 5 nitrogen and oxygen atoms in total. The van der Waals surface area contributed by atoms with Crippen molar-refractivity contribution < 1.29 is 8.78 Å². The summed E-state index contributed by atoms with van der Waals surface area (Å²) in [5.41, 5.74) is 7.88. The number of nitrogens with one attached hydrogen (secondary N) is 1. The normalized spacial score (nSPS) is 16.3. The van der Waals surface area contributed by atoms with Crippen LogP contribution in [-0.2, 0) is 0 Å². The van der Waals surface area contributed by atoms with Crippen molar-refractivity contribution in [2.75, 3.05) is 31.1 Å². The Morgan fingerprint density at radius 1 is 1.26 bits per heavy atom. The molecule has 1 aliphatic rings. The number of hydrogen-bond donors (Lipinski definition) is 2. The van der Waals surface area contributed by atoms with Crippen LogP contribution in [0.4, 0.5) is 14.5 Å². The van der Waals surface area contributed by atoms with Crippen LogP contribution in [0.5, 0.6) is 0 Å². The van der Waals surface area contributed by atoms with E-state index in [4.69, 9.17) is 5.73 Å². The van der Waals surface area contributed by atoms with E-state index < -0.39 is 11.6 Å². The van der Waals surface area contributed by atoms with Gasteiger partial charge < -0.3 is 10.6 Å². The maximum Gasteiger partial charge on any atom is 0.184 e. The van der Waals surface area contributed by atoms with E-state index in [2.05, 4.69) is 41.5 Å². The highest BCUT2D eigenvalue weighted by molar-refractivity contribution is 7.80. The zero-order valence-corrected chi connectivity index (χ0v) is 14.0. The number of rotatable bonds is 4. The summed E-state index contributed by atoms with van der Waals surface area (Å²) in [7, 11) is 0. The Morgan fingerprint density at radius 2 is 1.83 bits per heavy atom. The number of nitrogens with zero attached hydrogens (tertiary/aromatic N) is 3. The first-order valence-electron chi connectivity index (χ1n) is 7.45. The molecular weight excluding hydrogens is 320 g/mol. The topological polar surface area (TPSA) is 56.9 Å². The van der Waals surface area contributed by atoms with Gasteiger partial charge in [0.2, 0.25) is 0 Å². The van der Waals surface area contributed by atoms with Crippen molar-refractivity contribution >= 4 is 29.2 Å². The fourth-order valence-corrected chi connectivity index (χ4v) is 2.65. The molecule has 0 bridgehead atoms. The molecule has 23 heavy (non-hydrogen) atoms. The number of thiocarbonyl (C=S) groups is 1. The Balaban J connectivity index is 2.12. The van der Waals surface area contributed by atoms with Gasteiger partial charge in [0.15, 0.2) is 5.11 Å². The van der Waals surface area contributed by atoms with Crippen LogP contribution >= 0.6 is 12.2 Å². The monoisotopic (exact) mass is 341 g/mol. The Labute approximate surface area is 140 Å². The van der Waals surface area contributed by atoms with Crippen molar-refractivity contribution in [2.45, 2.75) is 19.9 Å². The van der Waals surface area contributed by atoms with Crippen LogP contribution in [0.3, 0.4) is 0 Å². The van der Waals surface area contributed by atoms with Crippen LogP contribution in [0.15, 0.2) is 17.2 Å². The van der Waals surface area contributed by atoms with Gasteiger partial charge in [-0.2, -0.15) is 5.10 Å². The first-order valence-corrected chi connectivity index (χ1v) is 7.86. The summed E-state index contributed by atoms with van der Waals surface area (Å²) in [6.07, 6.45) is 1.27. The summed E-state index contributed by atoms with van der Waals surface area (Å²) >= 11 is 4.59. The second-order valence-corrected chi connectivity index (χ2v) is 6.12. The fourth-order valence-electron chi connectivity index (χ4n) is 2.59. The van der Waals surface area contributed by atoms with Gasteiger partial charge in [0.05, 0.1) is 6.21 Å². The van der Waals surface area contributed by atoms with E-state index in [0.29, 0.717) is 24.7 Å². The fraction of sp³-hybridized carbons (Fsp3) is 0.467. The highest BCUT2D eigenvalue weighted by Crippen LogP contribution is 2.26. The van der Waals surface area contributed by atoms with Gasteiger partial charge in [-0.15, -0.1) is 0 Å². The number of hydrazone groups is 1. The molecule has 0 aromatic heterocycles. The first-order chi connectivity index (χ1) is 10.9. The molecule has 0 spiro atoms. The van der Waals surface area contributed by atoms with E-state index in [1.165, 1.54) is 18.3 Å². The minimum absolute atomic E-state index is 0.0122. The summed E-state index contributed by atoms with van der Waals surface area (Å²) in [4.78, 5) is 4.03. The summed E-state index contributed by atoms with van der Waals surface area (Å²) < 4.78 is 28.6. The number of nitrogens with two attached hydrogens (primary N) is 1. The number of anilines is 1. The van der Waals surface area contributed by atoms with Gasteiger partial charge in [-0.05, 0) is 38.2 Å². The summed E-state index contributed by atoms with van der Waals surface area (Å²) in [6.45, 7) is 7.01. The van der Waals surface area contributed by atoms with Crippen LogP contribution < -0.4 is 16.1 Å². The summed E-state index contributed by atoms with van der Waals surface area (Å²) in [5, 5.41) is 3.69. The first kappa shape index (κ1) is 17.6. The Morgan fingerprint density at radius 3 is 2.30 bits per heavy atom. The van der Waals surface area contributed by atoms with Gasteiger partial charge in [-0.25, -0.2) is 8.78 Å². The Bertz CT molecular complexity index is 575. The predicted octanol–water partition coefficient (Wildman–Crippen LogP) is 1.66. The molecule has 0 saturated carbocycles. The van der Waals surface area contributed by atoms with Crippen LogP contribution in [0, 0.1) is 11.6 Å². The molecular formula is C15H21F2N5S. The van der Waals surface area contributed by atoms with Gasteiger partial charge in [-0.1, -0.05) is 0 Å². The minimum atomic E-state index is -0.597. The molecule has 126 valence electrons.